The van der Waals surface area contributed by atoms with E-state index < -0.39 is 0 Å². The van der Waals surface area contributed by atoms with Crippen LogP contribution in [0.5, 0.6) is 0 Å². The molecule has 2 heterocycles. The Balaban J connectivity index is 1.83. The van der Waals surface area contributed by atoms with Crippen molar-refractivity contribution in [1.29, 1.82) is 0 Å². The maximum absolute atomic E-state index is 12.5. The quantitative estimate of drug-likeness (QED) is 0.895. The summed E-state index contributed by atoms with van der Waals surface area (Å²) in [6.07, 6.45) is 3.60. The summed E-state index contributed by atoms with van der Waals surface area (Å²) in [5.74, 6) is 0.0901. The first-order chi connectivity index (χ1) is 9.74. The number of nitrogens with zero attached hydrogens (tertiary/aromatic N) is 3. The molecular weight excluding hydrogens is 252 g/mol. The topological polar surface area (TPSA) is 50.2 Å². The van der Waals surface area contributed by atoms with Crippen molar-refractivity contribution in [2.75, 3.05) is 19.6 Å². The van der Waals surface area contributed by atoms with Crippen molar-refractivity contribution in [3.63, 3.8) is 0 Å². The Hall–Kier alpha value is -2.14. The molecule has 0 bridgehead atoms. The van der Waals surface area contributed by atoms with Crippen molar-refractivity contribution in [2.24, 2.45) is 0 Å². The molecule has 1 aromatic heterocycles. The summed E-state index contributed by atoms with van der Waals surface area (Å²) in [4.78, 5) is 14.4. The van der Waals surface area contributed by atoms with Gasteiger partial charge in [-0.15, -0.1) is 0 Å². The molecule has 1 aromatic carbocycles. The highest BCUT2D eigenvalue weighted by molar-refractivity contribution is 5.94. The molecule has 5 heteroatoms. The lowest BCUT2D eigenvalue weighted by atomic mass is 10.1. The molecular formula is C15H18N4O. The lowest BCUT2D eigenvalue weighted by Crippen LogP contribution is -2.51. The third kappa shape index (κ3) is 2.58. The number of hydrogen-bond donors (Lipinski definition) is 1. The van der Waals surface area contributed by atoms with Crippen LogP contribution in [0.3, 0.4) is 0 Å². The molecule has 0 aliphatic carbocycles. The third-order valence-corrected chi connectivity index (χ3v) is 3.52. The van der Waals surface area contributed by atoms with Crippen molar-refractivity contribution < 1.29 is 4.79 Å². The maximum atomic E-state index is 12.5. The first kappa shape index (κ1) is 12.9. The van der Waals surface area contributed by atoms with E-state index in [-0.39, 0.29) is 5.91 Å². The Morgan fingerprint density at radius 1 is 1.40 bits per heavy atom. The van der Waals surface area contributed by atoms with Crippen LogP contribution in [-0.2, 0) is 0 Å². The fraction of sp³-hybridized carbons (Fsp3) is 0.333. The van der Waals surface area contributed by atoms with Crippen LogP contribution >= 0.6 is 0 Å². The molecule has 20 heavy (non-hydrogen) atoms. The summed E-state index contributed by atoms with van der Waals surface area (Å²) in [7, 11) is 0. The number of aromatic nitrogens is 2. The van der Waals surface area contributed by atoms with Crippen molar-refractivity contribution in [1.82, 2.24) is 20.0 Å². The second-order valence-corrected chi connectivity index (χ2v) is 5.11. The van der Waals surface area contributed by atoms with Crippen molar-refractivity contribution in [2.45, 2.75) is 13.0 Å². The van der Waals surface area contributed by atoms with E-state index in [2.05, 4.69) is 17.3 Å². The average Bonchev–Trinajstić information content (AvgIpc) is 3.01. The molecule has 3 rings (SSSR count). The van der Waals surface area contributed by atoms with Gasteiger partial charge >= 0.3 is 0 Å². The van der Waals surface area contributed by atoms with E-state index in [9.17, 15) is 4.79 Å². The lowest BCUT2D eigenvalue weighted by Gasteiger charge is -2.32. The van der Waals surface area contributed by atoms with E-state index >= 15 is 0 Å². The number of piperazine rings is 1. The van der Waals surface area contributed by atoms with Gasteiger partial charge in [-0.2, -0.15) is 5.10 Å². The predicted molar refractivity (Wildman–Crippen MR) is 76.9 cm³/mol. The van der Waals surface area contributed by atoms with Gasteiger partial charge in [-0.1, -0.05) is 6.07 Å². The van der Waals surface area contributed by atoms with Gasteiger partial charge in [0.1, 0.15) is 0 Å². The standard InChI is InChI=1S/C15H18N4O/c1-12-11-18(9-7-16-12)15(20)13-4-2-5-14(10-13)19-8-3-6-17-19/h2-6,8,10,12,16H,7,9,11H2,1H3/t12-/m1/s1. The minimum atomic E-state index is 0.0901. The number of nitrogens with one attached hydrogen (secondary N) is 1. The predicted octanol–water partition coefficient (Wildman–Crippen LogP) is 1.31. The van der Waals surface area contributed by atoms with E-state index in [1.54, 1.807) is 10.9 Å². The molecule has 1 atom stereocenters. The first-order valence-electron chi connectivity index (χ1n) is 6.87. The lowest BCUT2D eigenvalue weighted by molar-refractivity contribution is 0.0709. The average molecular weight is 270 g/mol. The van der Waals surface area contributed by atoms with Crippen LogP contribution in [0.15, 0.2) is 42.7 Å². The second-order valence-electron chi connectivity index (χ2n) is 5.11. The Morgan fingerprint density at radius 2 is 2.30 bits per heavy atom. The molecule has 0 unspecified atom stereocenters. The highest BCUT2D eigenvalue weighted by Gasteiger charge is 2.21. The Labute approximate surface area is 118 Å². The van der Waals surface area contributed by atoms with Crippen LogP contribution in [-0.4, -0.2) is 46.3 Å². The number of carbonyl (C=O) groups excluding carboxylic acids is 1. The molecule has 1 N–H and O–H groups in total. The van der Waals surface area contributed by atoms with Crippen LogP contribution in [0.4, 0.5) is 0 Å². The SMILES string of the molecule is C[C@@H]1CN(C(=O)c2cccc(-n3cccn3)c2)CCN1. The van der Waals surface area contributed by atoms with Crippen LogP contribution < -0.4 is 5.32 Å². The zero-order chi connectivity index (χ0) is 13.9. The maximum Gasteiger partial charge on any atom is 0.254 e. The van der Waals surface area contributed by atoms with Gasteiger partial charge in [0.25, 0.3) is 5.91 Å². The molecule has 0 radical (unpaired) electrons. The van der Waals surface area contributed by atoms with E-state index in [0.29, 0.717) is 11.6 Å². The third-order valence-electron chi connectivity index (χ3n) is 3.52. The van der Waals surface area contributed by atoms with Gasteiger partial charge in [0.2, 0.25) is 0 Å². The smallest absolute Gasteiger partial charge is 0.254 e. The molecule has 0 spiro atoms. The number of hydrogen-bond acceptors (Lipinski definition) is 3. The number of carbonyl (C=O) groups is 1. The largest absolute Gasteiger partial charge is 0.336 e. The fourth-order valence-corrected chi connectivity index (χ4v) is 2.50. The molecule has 104 valence electrons. The van der Waals surface area contributed by atoms with Crippen molar-refractivity contribution in [3.8, 4) is 5.69 Å². The molecule has 2 aromatic rings. The summed E-state index contributed by atoms with van der Waals surface area (Å²) in [6.45, 7) is 4.46. The van der Waals surface area contributed by atoms with Crippen molar-refractivity contribution in [3.05, 3.63) is 48.3 Å². The summed E-state index contributed by atoms with van der Waals surface area (Å²) in [5.41, 5.74) is 1.62. The Kier molecular flexibility index (Phi) is 3.52. The second kappa shape index (κ2) is 5.46. The minimum absolute atomic E-state index is 0.0901. The van der Waals surface area contributed by atoms with Crippen LogP contribution in [0.25, 0.3) is 5.69 Å². The van der Waals surface area contributed by atoms with Gasteiger partial charge in [0.15, 0.2) is 0 Å². The molecule has 1 saturated heterocycles. The molecule has 0 saturated carbocycles. The minimum Gasteiger partial charge on any atom is -0.336 e. The van der Waals surface area contributed by atoms with Crippen LogP contribution in [0, 0.1) is 0 Å². The van der Waals surface area contributed by atoms with Gasteiger partial charge in [-0.3, -0.25) is 4.79 Å². The monoisotopic (exact) mass is 270 g/mol. The highest BCUT2D eigenvalue weighted by Crippen LogP contribution is 2.13. The van der Waals surface area contributed by atoms with Gasteiger partial charge in [0.05, 0.1) is 5.69 Å². The highest BCUT2D eigenvalue weighted by atomic mass is 16.2. The fourth-order valence-electron chi connectivity index (χ4n) is 2.50. The van der Waals surface area contributed by atoms with Crippen molar-refractivity contribution >= 4 is 5.91 Å². The first-order valence-corrected chi connectivity index (χ1v) is 6.87. The number of amides is 1. The van der Waals surface area contributed by atoms with E-state index in [0.717, 1.165) is 25.3 Å². The number of rotatable bonds is 2. The zero-order valence-electron chi connectivity index (χ0n) is 11.5. The molecule has 5 nitrogen and oxygen atoms in total. The Bertz CT molecular complexity index is 594. The summed E-state index contributed by atoms with van der Waals surface area (Å²) in [6, 6.07) is 9.82. The molecule has 1 fully saturated rings. The summed E-state index contributed by atoms with van der Waals surface area (Å²) in [5, 5.41) is 7.54. The van der Waals surface area contributed by atoms with Crippen LogP contribution in [0.1, 0.15) is 17.3 Å². The summed E-state index contributed by atoms with van der Waals surface area (Å²) >= 11 is 0. The summed E-state index contributed by atoms with van der Waals surface area (Å²) < 4.78 is 1.76. The van der Waals surface area contributed by atoms with Gasteiger partial charge in [-0.25, -0.2) is 4.68 Å². The van der Waals surface area contributed by atoms with Gasteiger partial charge < -0.3 is 10.2 Å². The molecule has 1 aliphatic heterocycles. The zero-order valence-corrected chi connectivity index (χ0v) is 11.5. The Morgan fingerprint density at radius 3 is 3.05 bits per heavy atom. The van der Waals surface area contributed by atoms with E-state index in [4.69, 9.17) is 0 Å². The number of benzene rings is 1. The van der Waals surface area contributed by atoms with Gasteiger partial charge in [-0.05, 0) is 31.2 Å². The van der Waals surface area contributed by atoms with Crippen LogP contribution in [0.2, 0.25) is 0 Å². The normalized spacial score (nSPS) is 19.1. The van der Waals surface area contributed by atoms with E-state index in [1.165, 1.54) is 0 Å². The van der Waals surface area contributed by atoms with E-state index in [1.807, 2.05) is 41.4 Å². The molecule has 1 amide bonds. The molecule has 1 aliphatic rings. The van der Waals surface area contributed by atoms with Gasteiger partial charge in [0, 0.05) is 43.6 Å².